The molecule has 0 bridgehead atoms. The molecule has 6 nitrogen and oxygen atoms in total. The zero-order valence-corrected chi connectivity index (χ0v) is 8.47. The van der Waals surface area contributed by atoms with Crippen LogP contribution >= 0.6 is 0 Å². The van der Waals surface area contributed by atoms with Gasteiger partial charge < -0.3 is 10.5 Å². The lowest BCUT2D eigenvalue weighted by Crippen LogP contribution is -2.48. The minimum Gasteiger partial charge on any atom is -0.393 e. The Morgan fingerprint density at radius 3 is 2.67 bits per heavy atom. The van der Waals surface area contributed by atoms with Gasteiger partial charge in [0.1, 0.15) is 5.69 Å². The van der Waals surface area contributed by atoms with Crippen molar-refractivity contribution in [3.8, 4) is 0 Å². The van der Waals surface area contributed by atoms with Crippen LogP contribution in [0.4, 0.5) is 5.69 Å². The molecule has 2 N–H and O–H groups in total. The zero-order chi connectivity index (χ0) is 11.0. The second kappa shape index (κ2) is 3.54. The van der Waals surface area contributed by atoms with E-state index in [1.165, 1.54) is 15.3 Å². The van der Waals surface area contributed by atoms with Gasteiger partial charge in [-0.3, -0.25) is 13.9 Å². The molecule has 1 aromatic rings. The number of nitrogen functional groups attached to an aromatic ring is 1. The maximum Gasteiger partial charge on any atom is 0.331 e. The van der Waals surface area contributed by atoms with E-state index in [1.54, 1.807) is 0 Å². The standard InChI is InChI=1S/C9H13N3O3/c1-2-11-3-7(10)8(13)12(9(11)14)6-4-15-5-6/h3,6H,2,4-5,10H2,1H3. The van der Waals surface area contributed by atoms with Gasteiger partial charge in [0.25, 0.3) is 5.56 Å². The van der Waals surface area contributed by atoms with Crippen molar-refractivity contribution in [3.63, 3.8) is 0 Å². The first-order chi connectivity index (χ1) is 7.15. The summed E-state index contributed by atoms with van der Waals surface area (Å²) in [6.45, 7) is 3.13. The van der Waals surface area contributed by atoms with Crippen molar-refractivity contribution in [2.24, 2.45) is 0 Å². The van der Waals surface area contributed by atoms with Crippen molar-refractivity contribution < 1.29 is 4.74 Å². The number of hydrogen-bond acceptors (Lipinski definition) is 4. The molecule has 1 aliphatic rings. The lowest BCUT2D eigenvalue weighted by molar-refractivity contribution is -0.0271. The van der Waals surface area contributed by atoms with E-state index in [0.29, 0.717) is 19.8 Å². The Bertz CT molecular complexity index is 484. The second-order valence-electron chi connectivity index (χ2n) is 3.52. The van der Waals surface area contributed by atoms with Crippen LogP contribution in [0.25, 0.3) is 0 Å². The normalized spacial score (nSPS) is 16.3. The fourth-order valence-corrected chi connectivity index (χ4v) is 1.56. The molecule has 0 atom stereocenters. The van der Waals surface area contributed by atoms with Gasteiger partial charge in [0.2, 0.25) is 0 Å². The molecule has 0 spiro atoms. The summed E-state index contributed by atoms with van der Waals surface area (Å²) in [5.74, 6) is 0. The van der Waals surface area contributed by atoms with E-state index >= 15 is 0 Å². The molecular weight excluding hydrogens is 198 g/mol. The van der Waals surface area contributed by atoms with Gasteiger partial charge in [-0.25, -0.2) is 4.79 Å². The van der Waals surface area contributed by atoms with Crippen LogP contribution in [0, 0.1) is 0 Å². The highest BCUT2D eigenvalue weighted by Crippen LogP contribution is 2.12. The highest BCUT2D eigenvalue weighted by molar-refractivity contribution is 5.31. The third-order valence-corrected chi connectivity index (χ3v) is 2.54. The summed E-state index contributed by atoms with van der Waals surface area (Å²) in [5, 5.41) is 0. The molecule has 15 heavy (non-hydrogen) atoms. The summed E-state index contributed by atoms with van der Waals surface area (Å²) in [4.78, 5) is 23.5. The quantitative estimate of drug-likeness (QED) is 0.693. The summed E-state index contributed by atoms with van der Waals surface area (Å²) in [5.41, 5.74) is 4.92. The predicted octanol–water partition coefficient (Wildman–Crippen LogP) is -0.817. The number of aromatic nitrogens is 2. The van der Waals surface area contributed by atoms with Crippen LogP contribution in [-0.2, 0) is 11.3 Å². The van der Waals surface area contributed by atoms with Gasteiger partial charge >= 0.3 is 5.69 Å². The van der Waals surface area contributed by atoms with E-state index in [-0.39, 0.29) is 17.4 Å². The molecule has 1 fully saturated rings. The number of anilines is 1. The minimum absolute atomic E-state index is 0.100. The van der Waals surface area contributed by atoms with E-state index in [0.717, 1.165) is 0 Å². The van der Waals surface area contributed by atoms with Crippen molar-refractivity contribution in [2.75, 3.05) is 18.9 Å². The van der Waals surface area contributed by atoms with Crippen LogP contribution in [0.15, 0.2) is 15.8 Å². The van der Waals surface area contributed by atoms with Crippen molar-refractivity contribution in [2.45, 2.75) is 19.5 Å². The zero-order valence-electron chi connectivity index (χ0n) is 8.47. The van der Waals surface area contributed by atoms with Crippen molar-refractivity contribution >= 4 is 5.69 Å². The Morgan fingerprint density at radius 2 is 2.20 bits per heavy atom. The first kappa shape index (κ1) is 9.97. The number of nitrogens with two attached hydrogens (primary N) is 1. The summed E-state index contributed by atoms with van der Waals surface area (Å²) in [6, 6.07) is -0.161. The maximum absolute atomic E-state index is 11.8. The summed E-state index contributed by atoms with van der Waals surface area (Å²) in [6.07, 6.45) is 1.39. The fourth-order valence-electron chi connectivity index (χ4n) is 1.56. The molecule has 0 aromatic carbocycles. The van der Waals surface area contributed by atoms with Gasteiger partial charge in [0.05, 0.1) is 19.3 Å². The molecular formula is C9H13N3O3. The smallest absolute Gasteiger partial charge is 0.331 e. The molecule has 2 rings (SSSR count). The SMILES string of the molecule is CCn1cc(N)c(=O)n(C2COC2)c1=O. The molecule has 0 unspecified atom stereocenters. The van der Waals surface area contributed by atoms with Gasteiger partial charge in [-0.05, 0) is 6.92 Å². The van der Waals surface area contributed by atoms with Crippen molar-refractivity contribution in [3.05, 3.63) is 27.0 Å². The first-order valence-electron chi connectivity index (χ1n) is 4.84. The molecule has 2 heterocycles. The molecule has 1 aliphatic heterocycles. The van der Waals surface area contributed by atoms with E-state index in [2.05, 4.69) is 0 Å². The monoisotopic (exact) mass is 211 g/mol. The van der Waals surface area contributed by atoms with Gasteiger partial charge in [-0.15, -0.1) is 0 Å². The van der Waals surface area contributed by atoms with E-state index < -0.39 is 5.56 Å². The van der Waals surface area contributed by atoms with Crippen LogP contribution < -0.4 is 17.0 Å². The van der Waals surface area contributed by atoms with Gasteiger partial charge in [-0.1, -0.05) is 0 Å². The Hall–Kier alpha value is -1.56. The molecule has 0 amide bonds. The number of hydrogen-bond donors (Lipinski definition) is 1. The Kier molecular flexibility index (Phi) is 2.36. The fraction of sp³-hybridized carbons (Fsp3) is 0.556. The first-order valence-corrected chi connectivity index (χ1v) is 4.84. The predicted molar refractivity (Wildman–Crippen MR) is 54.9 cm³/mol. The second-order valence-corrected chi connectivity index (χ2v) is 3.52. The van der Waals surface area contributed by atoms with Crippen LogP contribution in [0.5, 0.6) is 0 Å². The molecule has 1 aromatic heterocycles. The third-order valence-electron chi connectivity index (χ3n) is 2.54. The number of rotatable bonds is 2. The van der Waals surface area contributed by atoms with Crippen molar-refractivity contribution in [1.29, 1.82) is 0 Å². The molecule has 0 radical (unpaired) electrons. The van der Waals surface area contributed by atoms with Crippen LogP contribution in [0.3, 0.4) is 0 Å². The summed E-state index contributed by atoms with van der Waals surface area (Å²) in [7, 11) is 0. The van der Waals surface area contributed by atoms with E-state index in [9.17, 15) is 9.59 Å². The minimum atomic E-state index is -0.419. The van der Waals surface area contributed by atoms with Gasteiger partial charge in [-0.2, -0.15) is 0 Å². The number of ether oxygens (including phenoxy) is 1. The number of nitrogens with zero attached hydrogens (tertiary/aromatic N) is 2. The number of aryl methyl sites for hydroxylation is 1. The van der Waals surface area contributed by atoms with E-state index in [1.807, 2.05) is 6.92 Å². The Balaban J connectivity index is 2.64. The highest BCUT2D eigenvalue weighted by atomic mass is 16.5. The van der Waals surface area contributed by atoms with E-state index in [4.69, 9.17) is 10.5 Å². The largest absolute Gasteiger partial charge is 0.393 e. The molecule has 82 valence electrons. The summed E-state index contributed by atoms with van der Waals surface area (Å²) < 4.78 is 7.57. The molecule has 0 saturated carbocycles. The van der Waals surface area contributed by atoms with Crippen molar-refractivity contribution in [1.82, 2.24) is 9.13 Å². The van der Waals surface area contributed by atoms with Gasteiger partial charge in [0, 0.05) is 12.7 Å². The van der Waals surface area contributed by atoms with Gasteiger partial charge in [0.15, 0.2) is 0 Å². The maximum atomic E-state index is 11.8. The average molecular weight is 211 g/mol. The average Bonchev–Trinajstić information content (AvgIpc) is 2.15. The Morgan fingerprint density at radius 1 is 1.53 bits per heavy atom. The summed E-state index contributed by atoms with van der Waals surface area (Å²) >= 11 is 0. The molecule has 6 heteroatoms. The lowest BCUT2D eigenvalue weighted by atomic mass is 10.2. The topological polar surface area (TPSA) is 79.2 Å². The van der Waals surface area contributed by atoms with Crippen LogP contribution in [0.1, 0.15) is 13.0 Å². The van der Waals surface area contributed by atoms with Crippen LogP contribution in [0.2, 0.25) is 0 Å². The third kappa shape index (κ3) is 1.46. The lowest BCUT2D eigenvalue weighted by Gasteiger charge is -2.27. The Labute approximate surface area is 85.9 Å². The highest BCUT2D eigenvalue weighted by Gasteiger charge is 2.25. The molecule has 1 saturated heterocycles. The van der Waals surface area contributed by atoms with Crippen LogP contribution in [-0.4, -0.2) is 22.3 Å². The molecule has 0 aliphatic carbocycles.